The molecule has 0 amide bonds. The van der Waals surface area contributed by atoms with Crippen LogP contribution in [0.15, 0.2) is 61.2 Å². The van der Waals surface area contributed by atoms with Gasteiger partial charge in [0.15, 0.2) is 0 Å². The molecule has 5 rings (SSSR count). The zero-order chi connectivity index (χ0) is 19.3. The van der Waals surface area contributed by atoms with Crippen molar-refractivity contribution in [2.45, 2.75) is 6.18 Å². The Morgan fingerprint density at radius 3 is 2.50 bits per heavy atom. The van der Waals surface area contributed by atoms with Crippen LogP contribution in [0.1, 0.15) is 5.56 Å². The lowest BCUT2D eigenvalue weighted by Crippen LogP contribution is -2.05. The van der Waals surface area contributed by atoms with E-state index in [0.717, 1.165) is 33.8 Å². The van der Waals surface area contributed by atoms with E-state index in [1.165, 1.54) is 6.07 Å². The lowest BCUT2D eigenvalue weighted by molar-refractivity contribution is -0.137. The van der Waals surface area contributed by atoms with Crippen LogP contribution in [0.4, 0.5) is 24.7 Å². The molecular weight excluding hydrogens is 367 g/mol. The largest absolute Gasteiger partial charge is 0.416 e. The first-order chi connectivity index (χ1) is 13.5. The highest BCUT2D eigenvalue weighted by Crippen LogP contribution is 2.36. The first-order valence-electron chi connectivity index (χ1n) is 8.44. The van der Waals surface area contributed by atoms with Gasteiger partial charge >= 0.3 is 6.18 Å². The van der Waals surface area contributed by atoms with Crippen LogP contribution in [-0.2, 0) is 6.18 Å². The number of pyridine rings is 3. The highest BCUT2D eigenvalue weighted by Gasteiger charge is 2.30. The highest BCUT2D eigenvalue weighted by molar-refractivity contribution is 6.20. The van der Waals surface area contributed by atoms with Gasteiger partial charge in [0.1, 0.15) is 11.5 Å². The molecule has 1 aromatic carbocycles. The molecule has 0 spiro atoms. The lowest BCUT2D eigenvalue weighted by atomic mass is 10.1. The van der Waals surface area contributed by atoms with E-state index in [9.17, 15) is 13.2 Å². The molecule has 0 atom stereocenters. The number of alkyl halides is 3. The van der Waals surface area contributed by atoms with E-state index >= 15 is 0 Å². The van der Waals surface area contributed by atoms with Crippen LogP contribution in [0.2, 0.25) is 0 Å². The molecule has 0 bridgehead atoms. The van der Waals surface area contributed by atoms with Gasteiger partial charge in [0, 0.05) is 45.8 Å². The van der Waals surface area contributed by atoms with Crippen LogP contribution >= 0.6 is 0 Å². The number of hydrogen-bond donors (Lipinski definition) is 2. The van der Waals surface area contributed by atoms with Crippen LogP contribution in [0.25, 0.3) is 32.7 Å². The SMILES string of the molecule is FC(F)(F)c1cccc(Nc2nc3[nH]c4cnccc4c3c3ccncc23)c1. The summed E-state index contributed by atoms with van der Waals surface area (Å²) in [5.41, 5.74) is 1.03. The van der Waals surface area contributed by atoms with E-state index < -0.39 is 11.7 Å². The molecule has 0 aliphatic rings. The van der Waals surface area contributed by atoms with Crippen molar-refractivity contribution in [2.75, 3.05) is 5.32 Å². The molecule has 8 heteroatoms. The van der Waals surface area contributed by atoms with Crippen molar-refractivity contribution >= 4 is 44.2 Å². The van der Waals surface area contributed by atoms with Crippen molar-refractivity contribution in [1.29, 1.82) is 0 Å². The monoisotopic (exact) mass is 379 g/mol. The number of aromatic amines is 1. The number of nitrogens with one attached hydrogen (secondary N) is 2. The number of halogens is 3. The Morgan fingerprint density at radius 2 is 1.68 bits per heavy atom. The first-order valence-corrected chi connectivity index (χ1v) is 8.44. The van der Waals surface area contributed by atoms with Gasteiger partial charge in [-0.25, -0.2) is 4.98 Å². The van der Waals surface area contributed by atoms with Crippen molar-refractivity contribution < 1.29 is 13.2 Å². The number of rotatable bonds is 2. The maximum absolute atomic E-state index is 13.0. The minimum Gasteiger partial charge on any atom is -0.340 e. The van der Waals surface area contributed by atoms with Crippen molar-refractivity contribution in [2.24, 2.45) is 0 Å². The summed E-state index contributed by atoms with van der Waals surface area (Å²) < 4.78 is 39.1. The summed E-state index contributed by atoms with van der Waals surface area (Å²) in [6.45, 7) is 0. The topological polar surface area (TPSA) is 66.5 Å². The average Bonchev–Trinajstić information content (AvgIpc) is 3.06. The standard InChI is InChI=1S/C20H12F3N5/c21-20(22,23)11-2-1-3-12(8-11)26-18-15-9-24-6-4-13(15)17-14-5-7-25-10-16(14)27-19(17)28-18/h1-10H,(H2,26,27,28). The van der Waals surface area contributed by atoms with Gasteiger partial charge in [-0.1, -0.05) is 6.07 Å². The summed E-state index contributed by atoms with van der Waals surface area (Å²) in [5, 5.41) is 6.51. The zero-order valence-electron chi connectivity index (χ0n) is 14.2. The van der Waals surface area contributed by atoms with E-state index in [-0.39, 0.29) is 0 Å². The van der Waals surface area contributed by atoms with Crippen molar-refractivity contribution in [3.63, 3.8) is 0 Å². The summed E-state index contributed by atoms with van der Waals surface area (Å²) >= 11 is 0. The number of fused-ring (bicyclic) bond motifs is 5. The van der Waals surface area contributed by atoms with E-state index in [1.54, 1.807) is 30.9 Å². The summed E-state index contributed by atoms with van der Waals surface area (Å²) in [5.74, 6) is 0.425. The van der Waals surface area contributed by atoms with Crippen molar-refractivity contribution in [3.05, 3.63) is 66.7 Å². The van der Waals surface area contributed by atoms with Gasteiger partial charge in [-0.05, 0) is 30.3 Å². The van der Waals surface area contributed by atoms with Gasteiger partial charge in [-0.15, -0.1) is 0 Å². The van der Waals surface area contributed by atoms with E-state index in [4.69, 9.17) is 0 Å². The molecular formula is C20H12F3N5. The van der Waals surface area contributed by atoms with Crippen LogP contribution in [-0.4, -0.2) is 19.9 Å². The van der Waals surface area contributed by atoms with Crippen molar-refractivity contribution in [3.8, 4) is 0 Å². The Labute approximate surface area is 156 Å². The maximum Gasteiger partial charge on any atom is 0.416 e. The number of aromatic nitrogens is 4. The predicted molar refractivity (Wildman–Crippen MR) is 101 cm³/mol. The Kier molecular flexibility index (Phi) is 3.48. The van der Waals surface area contributed by atoms with Gasteiger partial charge in [-0.2, -0.15) is 13.2 Å². The molecule has 5 aromatic rings. The number of hydrogen-bond acceptors (Lipinski definition) is 4. The quantitative estimate of drug-likeness (QED) is 0.430. The average molecular weight is 379 g/mol. The second kappa shape index (κ2) is 5.91. The van der Waals surface area contributed by atoms with Crippen LogP contribution in [0, 0.1) is 0 Å². The summed E-state index contributed by atoms with van der Waals surface area (Å²) in [4.78, 5) is 16.1. The molecule has 0 saturated heterocycles. The highest BCUT2D eigenvalue weighted by atomic mass is 19.4. The fraction of sp³-hybridized carbons (Fsp3) is 0.0500. The smallest absolute Gasteiger partial charge is 0.340 e. The zero-order valence-corrected chi connectivity index (χ0v) is 14.2. The fourth-order valence-electron chi connectivity index (χ4n) is 3.36. The van der Waals surface area contributed by atoms with Gasteiger partial charge in [0.05, 0.1) is 17.3 Å². The fourth-order valence-corrected chi connectivity index (χ4v) is 3.36. The molecule has 0 aliphatic carbocycles. The first kappa shape index (κ1) is 16.5. The third-order valence-corrected chi connectivity index (χ3v) is 4.60. The molecule has 0 unspecified atom stereocenters. The number of nitrogens with zero attached hydrogens (tertiary/aromatic N) is 3. The van der Waals surface area contributed by atoms with Crippen LogP contribution in [0.3, 0.4) is 0 Å². The third kappa shape index (κ3) is 2.61. The Hall–Kier alpha value is -3.68. The molecule has 138 valence electrons. The molecule has 2 N–H and O–H groups in total. The molecule has 0 fully saturated rings. The Morgan fingerprint density at radius 1 is 0.893 bits per heavy atom. The molecule has 4 heterocycles. The second-order valence-electron chi connectivity index (χ2n) is 6.36. The molecule has 28 heavy (non-hydrogen) atoms. The second-order valence-corrected chi connectivity index (χ2v) is 6.36. The van der Waals surface area contributed by atoms with Gasteiger partial charge in [0.2, 0.25) is 0 Å². The minimum absolute atomic E-state index is 0.296. The Balaban J connectivity index is 1.72. The number of anilines is 2. The van der Waals surface area contributed by atoms with Gasteiger partial charge < -0.3 is 10.3 Å². The lowest BCUT2D eigenvalue weighted by Gasteiger charge is -2.12. The van der Waals surface area contributed by atoms with Gasteiger partial charge in [-0.3, -0.25) is 9.97 Å². The van der Waals surface area contributed by atoms with E-state index in [0.29, 0.717) is 22.5 Å². The molecule has 0 radical (unpaired) electrons. The van der Waals surface area contributed by atoms with Gasteiger partial charge in [0.25, 0.3) is 0 Å². The molecule has 0 aliphatic heterocycles. The predicted octanol–water partition coefficient (Wildman–Crippen LogP) is 5.42. The summed E-state index contributed by atoms with van der Waals surface area (Å²) in [6.07, 6.45) is 2.33. The maximum atomic E-state index is 13.0. The van der Waals surface area contributed by atoms with Crippen molar-refractivity contribution in [1.82, 2.24) is 19.9 Å². The van der Waals surface area contributed by atoms with E-state index in [1.807, 2.05) is 12.1 Å². The van der Waals surface area contributed by atoms with Crippen LogP contribution < -0.4 is 5.32 Å². The molecule has 5 nitrogen and oxygen atoms in total. The van der Waals surface area contributed by atoms with Crippen LogP contribution in [0.5, 0.6) is 0 Å². The van der Waals surface area contributed by atoms with E-state index in [2.05, 4.69) is 25.3 Å². The molecule has 0 saturated carbocycles. The summed E-state index contributed by atoms with van der Waals surface area (Å²) in [7, 11) is 0. The Bertz CT molecular complexity index is 1340. The third-order valence-electron chi connectivity index (χ3n) is 4.60. The number of H-pyrrole nitrogens is 1. The molecule has 4 aromatic heterocycles. The normalized spacial score (nSPS) is 12.1. The minimum atomic E-state index is -4.41. The number of benzene rings is 1. The summed E-state index contributed by atoms with van der Waals surface area (Å²) in [6, 6.07) is 8.78.